The van der Waals surface area contributed by atoms with Crippen LogP contribution in [0.2, 0.25) is 0 Å². The Bertz CT molecular complexity index is 471. The number of aryl methyl sites for hydroxylation is 1. The zero-order valence-corrected chi connectivity index (χ0v) is 14.1. The standard InChI is InChI=1S/C17H28N4O/c1-14(10-11-15-8-6-5-7-9-15)20-17(18-2)19-13-12-16(22)21(3)4/h5-9,14H,10-13H2,1-4H3,(H2,18,19,20). The van der Waals surface area contributed by atoms with Gasteiger partial charge in [-0.2, -0.15) is 0 Å². The maximum atomic E-state index is 11.5. The zero-order chi connectivity index (χ0) is 16.4. The highest BCUT2D eigenvalue weighted by Gasteiger charge is 2.07. The van der Waals surface area contributed by atoms with E-state index in [0.29, 0.717) is 19.0 Å². The number of rotatable bonds is 7. The minimum absolute atomic E-state index is 0.111. The van der Waals surface area contributed by atoms with E-state index < -0.39 is 0 Å². The van der Waals surface area contributed by atoms with Gasteiger partial charge in [0.05, 0.1) is 0 Å². The largest absolute Gasteiger partial charge is 0.356 e. The van der Waals surface area contributed by atoms with E-state index in [1.54, 1.807) is 26.0 Å². The quantitative estimate of drug-likeness (QED) is 0.595. The molecular formula is C17H28N4O. The summed E-state index contributed by atoms with van der Waals surface area (Å²) in [4.78, 5) is 17.3. The molecule has 0 aromatic heterocycles. The Labute approximate surface area is 133 Å². The van der Waals surface area contributed by atoms with E-state index in [1.807, 2.05) is 6.07 Å². The van der Waals surface area contributed by atoms with Crippen LogP contribution in [0.15, 0.2) is 35.3 Å². The molecule has 0 heterocycles. The predicted octanol–water partition coefficient (Wildman–Crippen LogP) is 1.65. The lowest BCUT2D eigenvalue weighted by molar-refractivity contribution is -0.128. The minimum atomic E-state index is 0.111. The van der Waals surface area contributed by atoms with E-state index in [9.17, 15) is 4.79 Å². The lowest BCUT2D eigenvalue weighted by Gasteiger charge is -2.18. The molecule has 2 N–H and O–H groups in total. The molecule has 0 spiro atoms. The Hall–Kier alpha value is -2.04. The normalized spacial score (nSPS) is 12.6. The van der Waals surface area contributed by atoms with E-state index >= 15 is 0 Å². The van der Waals surface area contributed by atoms with Crippen molar-refractivity contribution in [2.24, 2.45) is 4.99 Å². The van der Waals surface area contributed by atoms with Crippen LogP contribution < -0.4 is 10.6 Å². The Morgan fingerprint density at radius 3 is 2.55 bits per heavy atom. The summed E-state index contributed by atoms with van der Waals surface area (Å²) in [5.41, 5.74) is 1.34. The second-order valence-corrected chi connectivity index (χ2v) is 5.61. The number of benzene rings is 1. The molecule has 0 bridgehead atoms. The summed E-state index contributed by atoms with van der Waals surface area (Å²) in [5, 5.41) is 6.53. The van der Waals surface area contributed by atoms with Crippen molar-refractivity contribution in [3.8, 4) is 0 Å². The maximum Gasteiger partial charge on any atom is 0.223 e. The molecule has 1 aromatic carbocycles. The van der Waals surface area contributed by atoms with Crippen molar-refractivity contribution in [1.29, 1.82) is 0 Å². The third-order valence-electron chi connectivity index (χ3n) is 3.45. The van der Waals surface area contributed by atoms with Gasteiger partial charge in [0, 0.05) is 40.2 Å². The fourth-order valence-electron chi connectivity index (χ4n) is 2.04. The summed E-state index contributed by atoms with van der Waals surface area (Å²) in [7, 11) is 5.27. The van der Waals surface area contributed by atoms with Gasteiger partial charge in [0.2, 0.25) is 5.91 Å². The van der Waals surface area contributed by atoms with Crippen molar-refractivity contribution >= 4 is 11.9 Å². The number of carbonyl (C=O) groups excluding carboxylic acids is 1. The first-order valence-electron chi connectivity index (χ1n) is 7.74. The summed E-state index contributed by atoms with van der Waals surface area (Å²) < 4.78 is 0. The molecule has 5 nitrogen and oxygen atoms in total. The number of hydrogen-bond acceptors (Lipinski definition) is 2. The second kappa shape index (κ2) is 9.82. The van der Waals surface area contributed by atoms with Gasteiger partial charge in [-0.1, -0.05) is 30.3 Å². The van der Waals surface area contributed by atoms with Gasteiger partial charge in [-0.3, -0.25) is 9.79 Å². The van der Waals surface area contributed by atoms with Crippen LogP contribution in [0.3, 0.4) is 0 Å². The monoisotopic (exact) mass is 304 g/mol. The van der Waals surface area contributed by atoms with Gasteiger partial charge in [-0.15, -0.1) is 0 Å². The molecule has 1 unspecified atom stereocenters. The highest BCUT2D eigenvalue weighted by Crippen LogP contribution is 2.04. The van der Waals surface area contributed by atoms with Gasteiger partial charge in [-0.05, 0) is 25.3 Å². The van der Waals surface area contributed by atoms with Gasteiger partial charge in [0.1, 0.15) is 0 Å². The number of amides is 1. The zero-order valence-electron chi connectivity index (χ0n) is 14.1. The molecule has 0 fully saturated rings. The minimum Gasteiger partial charge on any atom is -0.356 e. The molecule has 0 aliphatic carbocycles. The lowest BCUT2D eigenvalue weighted by Crippen LogP contribution is -2.43. The summed E-state index contributed by atoms with van der Waals surface area (Å²) in [6, 6.07) is 10.8. The molecule has 1 atom stereocenters. The third kappa shape index (κ3) is 7.11. The SMILES string of the molecule is CN=C(NCCC(=O)N(C)C)NC(C)CCc1ccccc1. The fourth-order valence-corrected chi connectivity index (χ4v) is 2.04. The number of nitrogens with zero attached hydrogens (tertiary/aromatic N) is 2. The fraction of sp³-hybridized carbons (Fsp3) is 0.529. The van der Waals surface area contributed by atoms with E-state index in [4.69, 9.17) is 0 Å². The molecule has 0 aliphatic heterocycles. The van der Waals surface area contributed by atoms with E-state index in [-0.39, 0.29) is 5.91 Å². The third-order valence-corrected chi connectivity index (χ3v) is 3.45. The van der Waals surface area contributed by atoms with Crippen LogP contribution in [-0.4, -0.2) is 50.5 Å². The predicted molar refractivity (Wildman–Crippen MR) is 92.0 cm³/mol. The molecule has 0 saturated carbocycles. The van der Waals surface area contributed by atoms with Crippen molar-refractivity contribution in [2.75, 3.05) is 27.7 Å². The summed E-state index contributed by atoms with van der Waals surface area (Å²) in [6.45, 7) is 2.73. The Morgan fingerprint density at radius 1 is 1.27 bits per heavy atom. The lowest BCUT2D eigenvalue weighted by atomic mass is 10.1. The highest BCUT2D eigenvalue weighted by molar-refractivity contribution is 5.81. The Balaban J connectivity index is 2.28. The Kier molecular flexibility index (Phi) is 8.04. The molecule has 0 aliphatic rings. The molecule has 0 saturated heterocycles. The molecule has 122 valence electrons. The smallest absolute Gasteiger partial charge is 0.223 e. The van der Waals surface area contributed by atoms with Crippen LogP contribution in [0.25, 0.3) is 0 Å². The molecule has 22 heavy (non-hydrogen) atoms. The average Bonchev–Trinajstić information content (AvgIpc) is 2.52. The molecular weight excluding hydrogens is 276 g/mol. The van der Waals surface area contributed by atoms with Gasteiger partial charge in [-0.25, -0.2) is 0 Å². The highest BCUT2D eigenvalue weighted by atomic mass is 16.2. The van der Waals surface area contributed by atoms with Gasteiger partial charge < -0.3 is 15.5 Å². The first kappa shape index (κ1) is 18.0. The number of nitrogens with one attached hydrogen (secondary N) is 2. The van der Waals surface area contributed by atoms with Crippen molar-refractivity contribution in [2.45, 2.75) is 32.2 Å². The van der Waals surface area contributed by atoms with Gasteiger partial charge >= 0.3 is 0 Å². The summed E-state index contributed by atoms with van der Waals surface area (Å²) in [5.74, 6) is 0.854. The topological polar surface area (TPSA) is 56.7 Å². The van der Waals surface area contributed by atoms with Crippen LogP contribution in [-0.2, 0) is 11.2 Å². The van der Waals surface area contributed by atoms with Crippen LogP contribution >= 0.6 is 0 Å². The second-order valence-electron chi connectivity index (χ2n) is 5.61. The van der Waals surface area contributed by atoms with Crippen molar-refractivity contribution in [1.82, 2.24) is 15.5 Å². The molecule has 5 heteroatoms. The molecule has 1 rings (SSSR count). The Morgan fingerprint density at radius 2 is 1.95 bits per heavy atom. The number of aliphatic imine (C=N–C) groups is 1. The van der Waals surface area contributed by atoms with Crippen LogP contribution in [0.4, 0.5) is 0 Å². The first-order valence-corrected chi connectivity index (χ1v) is 7.74. The van der Waals surface area contributed by atoms with Gasteiger partial charge in [0.25, 0.3) is 0 Å². The van der Waals surface area contributed by atoms with E-state index in [0.717, 1.165) is 18.8 Å². The number of hydrogen-bond donors (Lipinski definition) is 2. The van der Waals surface area contributed by atoms with Crippen molar-refractivity contribution in [3.63, 3.8) is 0 Å². The summed E-state index contributed by atoms with van der Waals surface area (Å²) in [6.07, 6.45) is 2.53. The number of carbonyl (C=O) groups is 1. The molecule has 1 aromatic rings. The van der Waals surface area contributed by atoms with Crippen molar-refractivity contribution in [3.05, 3.63) is 35.9 Å². The summed E-state index contributed by atoms with van der Waals surface area (Å²) >= 11 is 0. The molecule has 0 radical (unpaired) electrons. The van der Waals surface area contributed by atoms with Crippen LogP contribution in [0.5, 0.6) is 0 Å². The average molecular weight is 304 g/mol. The van der Waals surface area contributed by atoms with Crippen molar-refractivity contribution < 1.29 is 4.79 Å². The maximum absolute atomic E-state index is 11.5. The van der Waals surface area contributed by atoms with E-state index in [2.05, 4.69) is 46.8 Å². The number of guanidine groups is 1. The first-order chi connectivity index (χ1) is 10.5. The molecule has 1 amide bonds. The van der Waals surface area contributed by atoms with Gasteiger partial charge in [0.15, 0.2) is 5.96 Å². The van der Waals surface area contributed by atoms with Crippen LogP contribution in [0, 0.1) is 0 Å². The van der Waals surface area contributed by atoms with E-state index in [1.165, 1.54) is 5.56 Å². The van der Waals surface area contributed by atoms with Crippen LogP contribution in [0.1, 0.15) is 25.3 Å².